The van der Waals surface area contributed by atoms with Crippen LogP contribution in [0.5, 0.6) is 0 Å². The third-order valence-electron chi connectivity index (χ3n) is 1.68. The molecule has 0 saturated carbocycles. The second-order valence-electron chi connectivity index (χ2n) is 2.69. The second-order valence-corrected chi connectivity index (χ2v) is 2.69. The average Bonchev–Trinajstić information content (AvgIpc) is 2.38. The van der Waals surface area contributed by atoms with Crippen molar-refractivity contribution in [2.75, 3.05) is 0 Å². The molecule has 0 aliphatic rings. The van der Waals surface area contributed by atoms with Gasteiger partial charge in [0.2, 0.25) is 0 Å². The van der Waals surface area contributed by atoms with Crippen molar-refractivity contribution >= 4 is 0 Å². The van der Waals surface area contributed by atoms with Gasteiger partial charge in [0.15, 0.2) is 0 Å². The van der Waals surface area contributed by atoms with Gasteiger partial charge in [-0.3, -0.25) is 4.68 Å². The molecule has 0 radical (unpaired) electrons. The van der Waals surface area contributed by atoms with Gasteiger partial charge >= 0.3 is 6.18 Å². The van der Waals surface area contributed by atoms with Gasteiger partial charge in [0.25, 0.3) is 0 Å². The van der Waals surface area contributed by atoms with Crippen LogP contribution in [-0.4, -0.2) is 16.0 Å². The first-order valence-corrected chi connectivity index (χ1v) is 4.46. The molecule has 0 aromatic carbocycles. The highest BCUT2D eigenvalue weighted by molar-refractivity contribution is 5.13. The first kappa shape index (κ1) is 13.0. The molecule has 2 nitrogen and oxygen atoms in total. The number of nitrogens with zero attached hydrogens (tertiary/aromatic N) is 2. The predicted molar refractivity (Wildman–Crippen MR) is 49.1 cm³/mol. The summed E-state index contributed by atoms with van der Waals surface area (Å²) in [5, 5.41) is 3.60. The highest BCUT2D eigenvalue weighted by atomic mass is 19.4. The zero-order valence-corrected chi connectivity index (χ0v) is 8.81. The summed E-state index contributed by atoms with van der Waals surface area (Å²) in [6.45, 7) is 6.34. The summed E-state index contributed by atoms with van der Waals surface area (Å²) in [5.41, 5.74) is 1.34. The molecule has 5 heteroatoms. The van der Waals surface area contributed by atoms with E-state index < -0.39 is 12.7 Å². The predicted octanol–water partition coefficient (Wildman–Crippen LogP) is 3.09. The lowest BCUT2D eigenvalue weighted by atomic mass is 10.3. The van der Waals surface area contributed by atoms with Gasteiger partial charge in [-0.25, -0.2) is 0 Å². The lowest BCUT2D eigenvalue weighted by Crippen LogP contribution is -2.19. The van der Waals surface area contributed by atoms with E-state index in [1.165, 1.54) is 6.20 Å². The van der Waals surface area contributed by atoms with E-state index in [-0.39, 0.29) is 0 Å². The van der Waals surface area contributed by atoms with Crippen molar-refractivity contribution in [2.24, 2.45) is 0 Å². The molecule has 14 heavy (non-hydrogen) atoms. The molecule has 0 aliphatic carbocycles. The van der Waals surface area contributed by atoms with E-state index in [2.05, 4.69) is 5.10 Å². The Morgan fingerprint density at radius 2 is 1.79 bits per heavy atom. The molecule has 0 aliphatic heterocycles. The highest BCUT2D eigenvalue weighted by Gasteiger charge is 2.29. The van der Waals surface area contributed by atoms with E-state index >= 15 is 0 Å². The van der Waals surface area contributed by atoms with Crippen LogP contribution in [-0.2, 0) is 6.54 Å². The SMILES string of the molecule is CC.Cc1cnn(CC(F)(F)F)c1C. The van der Waals surface area contributed by atoms with Crippen LogP contribution in [0.2, 0.25) is 0 Å². The largest absolute Gasteiger partial charge is 0.408 e. The Labute approximate surface area is 81.7 Å². The minimum Gasteiger partial charge on any atom is -0.260 e. The molecular weight excluding hydrogens is 193 g/mol. The average molecular weight is 208 g/mol. The molecule has 0 amide bonds. The summed E-state index contributed by atoms with van der Waals surface area (Å²) >= 11 is 0. The van der Waals surface area contributed by atoms with Crippen LogP contribution in [0.1, 0.15) is 25.1 Å². The molecule has 1 heterocycles. The fourth-order valence-corrected chi connectivity index (χ4v) is 0.869. The van der Waals surface area contributed by atoms with Crippen molar-refractivity contribution in [2.45, 2.75) is 40.4 Å². The molecule has 0 atom stereocenters. The normalized spacial score (nSPS) is 10.8. The van der Waals surface area contributed by atoms with Gasteiger partial charge in [-0.15, -0.1) is 0 Å². The zero-order chi connectivity index (χ0) is 11.4. The zero-order valence-electron chi connectivity index (χ0n) is 8.81. The fourth-order valence-electron chi connectivity index (χ4n) is 0.869. The molecule has 1 aromatic heterocycles. The molecule has 0 spiro atoms. The van der Waals surface area contributed by atoms with Gasteiger partial charge in [0.1, 0.15) is 6.54 Å². The molecule has 0 saturated heterocycles. The van der Waals surface area contributed by atoms with Crippen molar-refractivity contribution in [1.29, 1.82) is 0 Å². The number of rotatable bonds is 1. The number of aromatic nitrogens is 2. The van der Waals surface area contributed by atoms with Crippen molar-refractivity contribution < 1.29 is 13.2 Å². The van der Waals surface area contributed by atoms with Crippen molar-refractivity contribution in [3.63, 3.8) is 0 Å². The molecule has 1 aromatic rings. The van der Waals surface area contributed by atoms with E-state index in [0.29, 0.717) is 5.69 Å². The quantitative estimate of drug-likeness (QED) is 0.693. The van der Waals surface area contributed by atoms with Crippen LogP contribution in [0.4, 0.5) is 13.2 Å². The Morgan fingerprint density at radius 1 is 1.29 bits per heavy atom. The van der Waals surface area contributed by atoms with Crippen LogP contribution >= 0.6 is 0 Å². The van der Waals surface area contributed by atoms with Crippen LogP contribution in [0, 0.1) is 13.8 Å². The van der Waals surface area contributed by atoms with E-state index in [1.807, 2.05) is 13.8 Å². The third-order valence-corrected chi connectivity index (χ3v) is 1.68. The van der Waals surface area contributed by atoms with Gasteiger partial charge in [-0.1, -0.05) is 13.8 Å². The highest BCUT2D eigenvalue weighted by Crippen LogP contribution is 2.18. The number of hydrogen-bond acceptors (Lipinski definition) is 1. The summed E-state index contributed by atoms with van der Waals surface area (Å²) < 4.78 is 36.6. The van der Waals surface area contributed by atoms with Gasteiger partial charge < -0.3 is 0 Å². The lowest BCUT2D eigenvalue weighted by Gasteiger charge is -2.07. The maximum absolute atomic E-state index is 11.9. The summed E-state index contributed by atoms with van der Waals surface area (Å²) in [6.07, 6.45) is -2.76. The molecule has 0 N–H and O–H groups in total. The van der Waals surface area contributed by atoms with Crippen LogP contribution < -0.4 is 0 Å². The summed E-state index contributed by atoms with van der Waals surface area (Å²) in [7, 11) is 0. The van der Waals surface area contributed by atoms with E-state index in [4.69, 9.17) is 0 Å². The summed E-state index contributed by atoms with van der Waals surface area (Å²) in [5.74, 6) is 0. The maximum atomic E-state index is 11.9. The van der Waals surface area contributed by atoms with Gasteiger partial charge in [0.05, 0.1) is 6.20 Å². The summed E-state index contributed by atoms with van der Waals surface area (Å²) in [4.78, 5) is 0. The molecule has 0 fully saturated rings. The first-order chi connectivity index (χ1) is 6.40. The number of halogens is 3. The minimum absolute atomic E-state index is 0.562. The lowest BCUT2D eigenvalue weighted by molar-refractivity contribution is -0.142. The van der Waals surface area contributed by atoms with E-state index in [0.717, 1.165) is 10.2 Å². The number of alkyl halides is 3. The van der Waals surface area contributed by atoms with E-state index in [9.17, 15) is 13.2 Å². The van der Waals surface area contributed by atoms with Crippen LogP contribution in [0.15, 0.2) is 6.20 Å². The molecule has 82 valence electrons. The Hall–Kier alpha value is -1.00. The Kier molecular flexibility index (Phi) is 4.67. The fraction of sp³-hybridized carbons (Fsp3) is 0.667. The minimum atomic E-state index is -4.19. The van der Waals surface area contributed by atoms with Crippen LogP contribution in [0.25, 0.3) is 0 Å². The molecular formula is C9H15F3N2. The molecule has 0 bridgehead atoms. The number of aryl methyl sites for hydroxylation is 1. The second kappa shape index (κ2) is 5.02. The maximum Gasteiger partial charge on any atom is 0.408 e. The third kappa shape index (κ3) is 3.81. The standard InChI is InChI=1S/C7H9F3N2.C2H6/c1-5-3-11-12(6(5)2)4-7(8,9)10;1-2/h3H,4H2,1-2H3;1-2H3. The van der Waals surface area contributed by atoms with Gasteiger partial charge in [-0.2, -0.15) is 18.3 Å². The van der Waals surface area contributed by atoms with E-state index in [1.54, 1.807) is 13.8 Å². The monoisotopic (exact) mass is 208 g/mol. The van der Waals surface area contributed by atoms with Crippen molar-refractivity contribution in [1.82, 2.24) is 9.78 Å². The Bertz CT molecular complexity index is 276. The van der Waals surface area contributed by atoms with Crippen molar-refractivity contribution in [3.8, 4) is 0 Å². The Balaban J connectivity index is 0.000000791. The van der Waals surface area contributed by atoms with Gasteiger partial charge in [0, 0.05) is 5.69 Å². The summed E-state index contributed by atoms with van der Waals surface area (Å²) in [6, 6.07) is 0. The van der Waals surface area contributed by atoms with Gasteiger partial charge in [-0.05, 0) is 19.4 Å². The molecule has 0 unspecified atom stereocenters. The van der Waals surface area contributed by atoms with Crippen LogP contribution in [0.3, 0.4) is 0 Å². The Morgan fingerprint density at radius 3 is 2.07 bits per heavy atom. The first-order valence-electron chi connectivity index (χ1n) is 4.46. The molecule has 1 rings (SSSR count). The van der Waals surface area contributed by atoms with Crippen molar-refractivity contribution in [3.05, 3.63) is 17.5 Å². The number of hydrogen-bond donors (Lipinski definition) is 0. The topological polar surface area (TPSA) is 17.8 Å². The smallest absolute Gasteiger partial charge is 0.260 e.